The molecule has 0 aliphatic heterocycles. The van der Waals surface area contributed by atoms with E-state index in [0.717, 1.165) is 12.1 Å². The molecule has 2 aromatic rings. The van der Waals surface area contributed by atoms with Crippen LogP contribution in [0, 0.1) is 0 Å². The Labute approximate surface area is 163 Å². The average Bonchev–Trinajstić information content (AvgIpc) is 2.43. The van der Waals surface area contributed by atoms with Crippen LogP contribution in [0.15, 0.2) is 47.4 Å². The van der Waals surface area contributed by atoms with Crippen molar-refractivity contribution in [2.24, 2.45) is 0 Å². The number of rotatable bonds is 1. The Kier molecular flexibility index (Phi) is 4.65. The Morgan fingerprint density at radius 3 is 1.76 bits per heavy atom. The summed E-state index contributed by atoms with van der Waals surface area (Å²) in [6, 6.07) is 9.51. The van der Waals surface area contributed by atoms with E-state index in [0.29, 0.717) is 0 Å². The molecule has 1 aliphatic carbocycles. The summed E-state index contributed by atoms with van der Waals surface area (Å²) in [4.78, 5) is 24.0. The summed E-state index contributed by atoms with van der Waals surface area (Å²) in [5.74, 6) is -0.814. The quantitative estimate of drug-likeness (QED) is 0.395. The van der Waals surface area contributed by atoms with Gasteiger partial charge in [0.15, 0.2) is 11.6 Å². The van der Waals surface area contributed by atoms with E-state index in [1.807, 2.05) is 0 Å². The fourth-order valence-electron chi connectivity index (χ4n) is 2.23. The summed E-state index contributed by atoms with van der Waals surface area (Å²) in [6.07, 6.45) is 0. The molecule has 100 valence electrons. The fraction of sp³-hybridized carbons (Fsp3) is 0. The molecule has 0 saturated heterocycles. The van der Waals surface area contributed by atoms with Crippen LogP contribution in [0.5, 0.6) is 0 Å². The Bertz CT molecular complexity index is 871. The molecule has 5 nitrogen and oxygen atoms in total. The third-order valence-corrected chi connectivity index (χ3v) is 4.02. The molecule has 0 fully saturated rings. The maximum atomic E-state index is 12.3. The Hall–Kier alpha value is -0.674. The minimum atomic E-state index is -4.67. The SMILES string of the molecule is O=C1c2ccccc2C(=O)c2cc(S(=O)(=O)[O-])ccc21.[K+]. The van der Waals surface area contributed by atoms with Crippen molar-refractivity contribution < 1.29 is 73.9 Å². The summed E-state index contributed by atoms with van der Waals surface area (Å²) in [7, 11) is -4.67. The van der Waals surface area contributed by atoms with Crippen LogP contribution in [-0.2, 0) is 10.1 Å². The van der Waals surface area contributed by atoms with Gasteiger partial charge in [0.25, 0.3) is 0 Å². The second-order valence-corrected chi connectivity index (χ2v) is 5.74. The second-order valence-electron chi connectivity index (χ2n) is 4.37. The van der Waals surface area contributed by atoms with Gasteiger partial charge in [-0.3, -0.25) is 9.59 Å². The summed E-state index contributed by atoms with van der Waals surface area (Å²) in [5, 5.41) is 0. The van der Waals surface area contributed by atoms with Gasteiger partial charge < -0.3 is 4.55 Å². The minimum Gasteiger partial charge on any atom is -0.744 e. The van der Waals surface area contributed by atoms with Gasteiger partial charge in [-0.2, -0.15) is 0 Å². The first-order chi connectivity index (χ1) is 9.39. The molecule has 0 N–H and O–H groups in total. The molecule has 7 heteroatoms. The van der Waals surface area contributed by atoms with Gasteiger partial charge in [0.05, 0.1) is 4.90 Å². The molecule has 3 rings (SSSR count). The van der Waals surface area contributed by atoms with E-state index in [1.54, 1.807) is 12.1 Å². The number of ketones is 2. The summed E-state index contributed by atoms with van der Waals surface area (Å²) >= 11 is 0. The zero-order valence-corrected chi connectivity index (χ0v) is 14.9. The molecule has 2 aromatic carbocycles. The van der Waals surface area contributed by atoms with Crippen LogP contribution in [-0.4, -0.2) is 24.5 Å². The number of carbonyl (C=O) groups excluding carboxylic acids is 2. The zero-order chi connectivity index (χ0) is 14.5. The van der Waals surface area contributed by atoms with Gasteiger partial charge in [0.1, 0.15) is 10.1 Å². The van der Waals surface area contributed by atoms with Crippen molar-refractivity contribution in [3.05, 3.63) is 64.7 Å². The summed E-state index contributed by atoms with van der Waals surface area (Å²) < 4.78 is 33.0. The van der Waals surface area contributed by atoms with Gasteiger partial charge in [0.2, 0.25) is 0 Å². The van der Waals surface area contributed by atoms with Crippen molar-refractivity contribution in [3.8, 4) is 0 Å². The number of hydrogen-bond donors (Lipinski definition) is 0. The zero-order valence-electron chi connectivity index (χ0n) is 11.0. The van der Waals surface area contributed by atoms with Crippen LogP contribution >= 0.6 is 0 Å². The number of fused-ring (bicyclic) bond motifs is 2. The largest absolute Gasteiger partial charge is 1.00 e. The molecule has 0 atom stereocenters. The van der Waals surface area contributed by atoms with Gasteiger partial charge in [-0.1, -0.05) is 24.3 Å². The number of carbonyl (C=O) groups is 2. The first kappa shape index (κ1) is 16.7. The first-order valence-electron chi connectivity index (χ1n) is 5.68. The monoisotopic (exact) mass is 326 g/mol. The molecule has 0 heterocycles. The molecule has 0 saturated carbocycles. The van der Waals surface area contributed by atoms with Crippen molar-refractivity contribution in [2.45, 2.75) is 4.90 Å². The maximum Gasteiger partial charge on any atom is 1.00 e. The molecule has 1 aliphatic rings. The van der Waals surface area contributed by atoms with Crippen LogP contribution in [0.1, 0.15) is 31.8 Å². The molecule has 0 spiro atoms. The van der Waals surface area contributed by atoms with Crippen molar-refractivity contribution in [2.75, 3.05) is 0 Å². The predicted octanol–water partition coefficient (Wildman–Crippen LogP) is -1.63. The fourth-order valence-corrected chi connectivity index (χ4v) is 2.73. The molecular formula is C14H7KO5S. The van der Waals surface area contributed by atoms with Crippen LogP contribution in [0.3, 0.4) is 0 Å². The molecule has 0 aromatic heterocycles. The third kappa shape index (κ3) is 2.82. The first-order valence-corrected chi connectivity index (χ1v) is 7.09. The van der Waals surface area contributed by atoms with Gasteiger partial charge >= 0.3 is 51.4 Å². The molecule has 0 unspecified atom stereocenters. The number of hydrogen-bond acceptors (Lipinski definition) is 5. The van der Waals surface area contributed by atoms with Crippen molar-refractivity contribution >= 4 is 21.7 Å². The van der Waals surface area contributed by atoms with Gasteiger partial charge in [-0.25, -0.2) is 8.42 Å². The molecule has 0 bridgehead atoms. The number of benzene rings is 2. The predicted molar refractivity (Wildman–Crippen MR) is 67.7 cm³/mol. The molecular weight excluding hydrogens is 319 g/mol. The summed E-state index contributed by atoms with van der Waals surface area (Å²) in [5.41, 5.74) is 0.555. The molecule has 0 amide bonds. The van der Waals surface area contributed by atoms with Crippen LogP contribution in [0.2, 0.25) is 0 Å². The van der Waals surface area contributed by atoms with Crippen molar-refractivity contribution in [1.29, 1.82) is 0 Å². The van der Waals surface area contributed by atoms with Crippen LogP contribution in [0.4, 0.5) is 0 Å². The van der Waals surface area contributed by atoms with E-state index in [2.05, 4.69) is 0 Å². The van der Waals surface area contributed by atoms with E-state index in [4.69, 9.17) is 0 Å². The summed E-state index contributed by atoms with van der Waals surface area (Å²) in [6.45, 7) is 0. The van der Waals surface area contributed by atoms with Crippen LogP contribution < -0.4 is 51.4 Å². The van der Waals surface area contributed by atoms with Crippen molar-refractivity contribution in [1.82, 2.24) is 0 Å². The standard InChI is InChI=1S/C14H8O5S.K/c15-13-9-3-1-2-4-10(9)14(16)12-7-8(20(17,18)19)5-6-11(12)13;/h1-7H,(H,17,18,19);/q;+1/p-1. The van der Waals surface area contributed by atoms with Gasteiger partial charge in [-0.05, 0) is 18.2 Å². The molecule has 0 radical (unpaired) electrons. The van der Waals surface area contributed by atoms with E-state index in [1.165, 1.54) is 18.2 Å². The Morgan fingerprint density at radius 1 is 0.762 bits per heavy atom. The van der Waals surface area contributed by atoms with E-state index < -0.39 is 20.8 Å². The van der Waals surface area contributed by atoms with E-state index in [9.17, 15) is 22.6 Å². The third-order valence-electron chi connectivity index (χ3n) is 3.19. The van der Waals surface area contributed by atoms with E-state index in [-0.39, 0.29) is 79.4 Å². The van der Waals surface area contributed by atoms with Gasteiger partial charge in [0, 0.05) is 22.3 Å². The second kappa shape index (κ2) is 5.84. The smallest absolute Gasteiger partial charge is 0.744 e. The maximum absolute atomic E-state index is 12.3. The molecule has 21 heavy (non-hydrogen) atoms. The van der Waals surface area contributed by atoms with Crippen molar-refractivity contribution in [3.63, 3.8) is 0 Å². The topological polar surface area (TPSA) is 91.3 Å². The Morgan fingerprint density at radius 2 is 1.24 bits per heavy atom. The Balaban J connectivity index is 0.00000161. The average molecular weight is 326 g/mol. The van der Waals surface area contributed by atoms with Crippen LogP contribution in [0.25, 0.3) is 0 Å². The normalized spacial score (nSPS) is 13.2. The van der Waals surface area contributed by atoms with Gasteiger partial charge in [-0.15, -0.1) is 0 Å². The minimum absolute atomic E-state index is 0. The van der Waals surface area contributed by atoms with E-state index >= 15 is 0 Å².